The minimum atomic E-state index is 0.570. The molecular formula is C23H26N2O. The maximum atomic E-state index is 5.98. The van der Waals surface area contributed by atoms with E-state index in [2.05, 4.69) is 60.9 Å². The van der Waals surface area contributed by atoms with Gasteiger partial charge in [-0.2, -0.15) is 0 Å². The second-order valence-corrected chi connectivity index (χ2v) is 6.42. The van der Waals surface area contributed by atoms with E-state index in [9.17, 15) is 0 Å². The number of aryl methyl sites for hydroxylation is 2. The SMILES string of the molecule is Cc1ccc(NCCNc2ccccc2OCc2ccccc2)cc1C. The van der Waals surface area contributed by atoms with Gasteiger partial charge in [0.2, 0.25) is 0 Å². The molecule has 3 heteroatoms. The van der Waals surface area contributed by atoms with Crippen LogP contribution >= 0.6 is 0 Å². The van der Waals surface area contributed by atoms with Gasteiger partial charge >= 0.3 is 0 Å². The fourth-order valence-electron chi connectivity index (χ4n) is 2.73. The number of nitrogens with one attached hydrogen (secondary N) is 2. The number of hydrogen-bond donors (Lipinski definition) is 2. The van der Waals surface area contributed by atoms with Gasteiger partial charge in [-0.1, -0.05) is 48.5 Å². The standard InChI is InChI=1S/C23H26N2O/c1-18-12-13-21(16-19(18)2)24-14-15-25-22-10-6-7-11-23(22)26-17-20-8-4-3-5-9-20/h3-13,16,24-25H,14-15,17H2,1-2H3. The van der Waals surface area contributed by atoms with Gasteiger partial charge in [0.25, 0.3) is 0 Å². The van der Waals surface area contributed by atoms with Gasteiger partial charge in [-0.15, -0.1) is 0 Å². The van der Waals surface area contributed by atoms with Crippen molar-refractivity contribution >= 4 is 11.4 Å². The highest BCUT2D eigenvalue weighted by atomic mass is 16.5. The van der Waals surface area contributed by atoms with Gasteiger partial charge in [-0.25, -0.2) is 0 Å². The fourth-order valence-corrected chi connectivity index (χ4v) is 2.73. The van der Waals surface area contributed by atoms with Crippen molar-refractivity contribution in [3.8, 4) is 5.75 Å². The Balaban J connectivity index is 1.50. The average molecular weight is 346 g/mol. The molecule has 0 radical (unpaired) electrons. The predicted octanol–water partition coefficient (Wildman–Crippen LogP) is 5.41. The van der Waals surface area contributed by atoms with Crippen LogP contribution in [0.3, 0.4) is 0 Å². The van der Waals surface area contributed by atoms with E-state index in [-0.39, 0.29) is 0 Å². The molecule has 0 aliphatic carbocycles. The molecule has 26 heavy (non-hydrogen) atoms. The summed E-state index contributed by atoms with van der Waals surface area (Å²) in [5.74, 6) is 0.877. The summed E-state index contributed by atoms with van der Waals surface area (Å²) in [7, 11) is 0. The largest absolute Gasteiger partial charge is 0.487 e. The van der Waals surface area contributed by atoms with Crippen molar-refractivity contribution < 1.29 is 4.74 Å². The van der Waals surface area contributed by atoms with Crippen molar-refractivity contribution in [3.63, 3.8) is 0 Å². The minimum absolute atomic E-state index is 0.570. The van der Waals surface area contributed by atoms with Crippen molar-refractivity contribution in [3.05, 3.63) is 89.5 Å². The molecule has 0 atom stereocenters. The molecule has 0 heterocycles. The molecule has 3 aromatic rings. The van der Waals surface area contributed by atoms with Gasteiger partial charge in [-0.3, -0.25) is 0 Å². The number of hydrogen-bond acceptors (Lipinski definition) is 3. The fraction of sp³-hybridized carbons (Fsp3) is 0.217. The lowest BCUT2D eigenvalue weighted by Crippen LogP contribution is -2.14. The van der Waals surface area contributed by atoms with E-state index in [0.717, 1.165) is 30.2 Å². The first-order chi connectivity index (χ1) is 12.7. The van der Waals surface area contributed by atoms with E-state index in [0.29, 0.717) is 6.61 Å². The number of rotatable bonds is 8. The smallest absolute Gasteiger partial charge is 0.142 e. The van der Waals surface area contributed by atoms with Crippen LogP contribution in [0, 0.1) is 13.8 Å². The Morgan fingerprint density at radius 1 is 0.731 bits per heavy atom. The summed E-state index contributed by atoms with van der Waals surface area (Å²) >= 11 is 0. The third kappa shape index (κ3) is 5.03. The van der Waals surface area contributed by atoms with Gasteiger partial charge < -0.3 is 15.4 Å². The number of benzene rings is 3. The van der Waals surface area contributed by atoms with Crippen molar-refractivity contribution in [1.29, 1.82) is 0 Å². The van der Waals surface area contributed by atoms with Crippen LogP contribution in [0.4, 0.5) is 11.4 Å². The second kappa shape index (κ2) is 8.95. The predicted molar refractivity (Wildman–Crippen MR) is 110 cm³/mol. The molecule has 0 aliphatic rings. The van der Waals surface area contributed by atoms with E-state index in [1.807, 2.05) is 36.4 Å². The summed E-state index contributed by atoms with van der Waals surface area (Å²) in [5, 5.41) is 6.92. The molecule has 0 fully saturated rings. The highest BCUT2D eigenvalue weighted by molar-refractivity contribution is 5.56. The van der Waals surface area contributed by atoms with Crippen molar-refractivity contribution in [2.75, 3.05) is 23.7 Å². The lowest BCUT2D eigenvalue weighted by atomic mass is 10.1. The lowest BCUT2D eigenvalue weighted by Gasteiger charge is -2.14. The monoisotopic (exact) mass is 346 g/mol. The maximum absolute atomic E-state index is 5.98. The zero-order chi connectivity index (χ0) is 18.2. The number of para-hydroxylation sites is 2. The number of anilines is 2. The Morgan fingerprint density at radius 2 is 1.46 bits per heavy atom. The summed E-state index contributed by atoms with van der Waals surface area (Å²) in [5.41, 5.74) is 5.97. The van der Waals surface area contributed by atoms with Crippen LogP contribution in [-0.2, 0) is 6.61 Å². The molecule has 3 rings (SSSR count). The van der Waals surface area contributed by atoms with Gasteiger partial charge in [0, 0.05) is 18.8 Å². The lowest BCUT2D eigenvalue weighted by molar-refractivity contribution is 0.307. The molecular weight excluding hydrogens is 320 g/mol. The minimum Gasteiger partial charge on any atom is -0.487 e. The Bertz CT molecular complexity index is 831. The van der Waals surface area contributed by atoms with Crippen molar-refractivity contribution in [1.82, 2.24) is 0 Å². The third-order valence-corrected chi connectivity index (χ3v) is 4.40. The Morgan fingerprint density at radius 3 is 2.27 bits per heavy atom. The zero-order valence-electron chi connectivity index (χ0n) is 15.5. The normalized spacial score (nSPS) is 10.4. The molecule has 0 spiro atoms. The van der Waals surface area contributed by atoms with E-state index >= 15 is 0 Å². The quantitative estimate of drug-likeness (QED) is 0.535. The van der Waals surface area contributed by atoms with Gasteiger partial charge in [0.1, 0.15) is 12.4 Å². The molecule has 0 saturated heterocycles. The highest BCUT2D eigenvalue weighted by Gasteiger charge is 2.03. The molecule has 2 N–H and O–H groups in total. The topological polar surface area (TPSA) is 33.3 Å². The average Bonchev–Trinajstić information content (AvgIpc) is 2.68. The first-order valence-corrected chi connectivity index (χ1v) is 9.03. The van der Waals surface area contributed by atoms with Crippen LogP contribution in [-0.4, -0.2) is 13.1 Å². The summed E-state index contributed by atoms with van der Waals surface area (Å²) in [4.78, 5) is 0. The summed E-state index contributed by atoms with van der Waals surface area (Å²) < 4.78 is 5.98. The van der Waals surface area contributed by atoms with Gasteiger partial charge in [0.05, 0.1) is 5.69 Å². The van der Waals surface area contributed by atoms with Crippen LogP contribution in [0.25, 0.3) is 0 Å². The molecule has 0 aromatic heterocycles. The molecule has 0 saturated carbocycles. The van der Waals surface area contributed by atoms with E-state index in [4.69, 9.17) is 4.74 Å². The molecule has 0 bridgehead atoms. The molecule has 0 aliphatic heterocycles. The first kappa shape index (κ1) is 17.9. The Kier molecular flexibility index (Phi) is 6.15. The number of ether oxygens (including phenoxy) is 1. The van der Waals surface area contributed by atoms with Gasteiger partial charge in [-0.05, 0) is 54.8 Å². The van der Waals surface area contributed by atoms with Crippen molar-refractivity contribution in [2.45, 2.75) is 20.5 Å². The molecule has 3 nitrogen and oxygen atoms in total. The van der Waals surface area contributed by atoms with E-state index < -0.39 is 0 Å². The van der Waals surface area contributed by atoms with Crippen LogP contribution in [0.2, 0.25) is 0 Å². The summed E-state index contributed by atoms with van der Waals surface area (Å²) in [6.45, 7) is 6.50. The summed E-state index contributed by atoms with van der Waals surface area (Å²) in [6.07, 6.45) is 0. The Labute approximate surface area is 156 Å². The van der Waals surface area contributed by atoms with Crippen LogP contribution in [0.5, 0.6) is 5.75 Å². The van der Waals surface area contributed by atoms with E-state index in [1.165, 1.54) is 16.7 Å². The molecule has 134 valence electrons. The highest BCUT2D eigenvalue weighted by Crippen LogP contribution is 2.24. The van der Waals surface area contributed by atoms with E-state index in [1.54, 1.807) is 0 Å². The summed E-state index contributed by atoms with van der Waals surface area (Å²) in [6, 6.07) is 24.8. The van der Waals surface area contributed by atoms with Crippen LogP contribution in [0.1, 0.15) is 16.7 Å². The second-order valence-electron chi connectivity index (χ2n) is 6.42. The third-order valence-electron chi connectivity index (χ3n) is 4.40. The van der Waals surface area contributed by atoms with Crippen molar-refractivity contribution in [2.24, 2.45) is 0 Å². The molecule has 0 amide bonds. The maximum Gasteiger partial charge on any atom is 0.142 e. The zero-order valence-corrected chi connectivity index (χ0v) is 15.5. The molecule has 0 unspecified atom stereocenters. The van der Waals surface area contributed by atoms with Gasteiger partial charge in [0.15, 0.2) is 0 Å². The Hall–Kier alpha value is -2.94. The van der Waals surface area contributed by atoms with Crippen LogP contribution in [0.15, 0.2) is 72.8 Å². The van der Waals surface area contributed by atoms with Crippen LogP contribution < -0.4 is 15.4 Å². The molecule has 3 aromatic carbocycles. The first-order valence-electron chi connectivity index (χ1n) is 9.03.